The third-order valence-corrected chi connectivity index (χ3v) is 7.23. The van der Waals surface area contributed by atoms with Gasteiger partial charge in [0.25, 0.3) is 5.91 Å². The molecule has 1 aliphatic carbocycles. The Labute approximate surface area is 200 Å². The summed E-state index contributed by atoms with van der Waals surface area (Å²) in [5.41, 5.74) is 5.06. The summed E-state index contributed by atoms with van der Waals surface area (Å²) in [5, 5.41) is 6.14. The Morgan fingerprint density at radius 3 is 2.44 bits per heavy atom. The van der Waals surface area contributed by atoms with Crippen LogP contribution in [0.15, 0.2) is 65.6 Å². The number of benzene rings is 3. The molecule has 0 aliphatic heterocycles. The van der Waals surface area contributed by atoms with Crippen LogP contribution in [0.5, 0.6) is 5.75 Å². The maximum Gasteiger partial charge on any atom is 0.255 e. The van der Waals surface area contributed by atoms with Gasteiger partial charge in [-0.3, -0.25) is 4.79 Å². The van der Waals surface area contributed by atoms with Crippen LogP contribution in [0, 0.1) is 0 Å². The third kappa shape index (κ3) is 5.58. The van der Waals surface area contributed by atoms with Crippen LogP contribution in [-0.4, -0.2) is 28.0 Å². The number of rotatable bonds is 9. The first-order valence-electron chi connectivity index (χ1n) is 11.4. The summed E-state index contributed by atoms with van der Waals surface area (Å²) in [6.45, 7) is 2.99. The molecule has 0 fully saturated rings. The van der Waals surface area contributed by atoms with Crippen molar-refractivity contribution in [3.05, 3.63) is 82.9 Å². The van der Waals surface area contributed by atoms with Crippen LogP contribution in [0.3, 0.4) is 0 Å². The first-order valence-corrected chi connectivity index (χ1v) is 12.8. The molecule has 178 valence electrons. The Hall–Kier alpha value is -3.36. The van der Waals surface area contributed by atoms with Gasteiger partial charge < -0.3 is 15.4 Å². The molecule has 0 saturated carbocycles. The summed E-state index contributed by atoms with van der Waals surface area (Å²) in [6, 6.07) is 18.1. The first-order chi connectivity index (χ1) is 16.4. The average Bonchev–Trinajstić information content (AvgIpc) is 3.31. The molecule has 0 atom stereocenters. The Kier molecular flexibility index (Phi) is 7.19. The second-order valence-electron chi connectivity index (χ2n) is 8.18. The minimum atomic E-state index is -3.74. The van der Waals surface area contributed by atoms with Crippen molar-refractivity contribution in [3.8, 4) is 5.75 Å². The van der Waals surface area contributed by atoms with Crippen molar-refractivity contribution in [2.45, 2.75) is 37.6 Å². The summed E-state index contributed by atoms with van der Waals surface area (Å²) < 4.78 is 32.8. The number of fused-ring (bicyclic) bond motifs is 1. The van der Waals surface area contributed by atoms with Gasteiger partial charge in [-0.1, -0.05) is 18.2 Å². The van der Waals surface area contributed by atoms with E-state index in [0.29, 0.717) is 24.5 Å². The minimum Gasteiger partial charge on any atom is -0.494 e. The predicted octanol–water partition coefficient (Wildman–Crippen LogP) is 4.35. The normalized spacial score (nSPS) is 12.8. The minimum absolute atomic E-state index is 0.0193. The fourth-order valence-corrected chi connectivity index (χ4v) is 4.83. The second-order valence-corrected chi connectivity index (χ2v) is 10.1. The Morgan fingerprint density at radius 1 is 0.941 bits per heavy atom. The van der Waals surface area contributed by atoms with E-state index in [4.69, 9.17) is 4.74 Å². The zero-order valence-electron chi connectivity index (χ0n) is 19.4. The number of anilines is 2. The number of sulfonamides is 1. The molecule has 34 heavy (non-hydrogen) atoms. The topological polar surface area (TPSA) is 96.5 Å². The molecule has 8 heteroatoms. The molecule has 1 amide bonds. The number of hydrogen-bond donors (Lipinski definition) is 3. The van der Waals surface area contributed by atoms with Crippen LogP contribution in [0.25, 0.3) is 0 Å². The van der Waals surface area contributed by atoms with Crippen molar-refractivity contribution in [1.29, 1.82) is 0 Å². The van der Waals surface area contributed by atoms with E-state index in [-0.39, 0.29) is 16.4 Å². The van der Waals surface area contributed by atoms with Crippen LogP contribution in [0.2, 0.25) is 0 Å². The van der Waals surface area contributed by atoms with E-state index in [9.17, 15) is 13.2 Å². The largest absolute Gasteiger partial charge is 0.494 e. The molecule has 0 spiro atoms. The fraction of sp³-hybridized carbons (Fsp3) is 0.269. The van der Waals surface area contributed by atoms with Crippen molar-refractivity contribution < 1.29 is 17.9 Å². The molecular weight excluding hydrogens is 450 g/mol. The molecule has 4 rings (SSSR count). The molecule has 0 radical (unpaired) electrons. The zero-order valence-corrected chi connectivity index (χ0v) is 20.2. The summed E-state index contributed by atoms with van der Waals surface area (Å²) >= 11 is 0. The van der Waals surface area contributed by atoms with Gasteiger partial charge >= 0.3 is 0 Å². The van der Waals surface area contributed by atoms with Gasteiger partial charge in [-0.2, -0.15) is 0 Å². The van der Waals surface area contributed by atoms with Gasteiger partial charge in [0.05, 0.1) is 11.5 Å². The van der Waals surface area contributed by atoms with E-state index in [1.165, 1.54) is 30.3 Å². The van der Waals surface area contributed by atoms with Gasteiger partial charge in [-0.25, -0.2) is 13.1 Å². The predicted molar refractivity (Wildman–Crippen MR) is 134 cm³/mol. The van der Waals surface area contributed by atoms with Crippen LogP contribution >= 0.6 is 0 Å². The number of hydrogen-bond acceptors (Lipinski definition) is 5. The molecule has 0 unspecified atom stereocenters. The van der Waals surface area contributed by atoms with Crippen molar-refractivity contribution in [3.63, 3.8) is 0 Å². The maximum absolute atomic E-state index is 13.0. The van der Waals surface area contributed by atoms with Gasteiger partial charge in [0.15, 0.2) is 0 Å². The highest BCUT2D eigenvalue weighted by Crippen LogP contribution is 2.26. The van der Waals surface area contributed by atoms with Gasteiger partial charge in [-0.05, 0) is 92.4 Å². The monoisotopic (exact) mass is 479 g/mol. The lowest BCUT2D eigenvalue weighted by atomic mass is 10.1. The number of amides is 1. The summed E-state index contributed by atoms with van der Waals surface area (Å²) in [5.74, 6) is 0.425. The molecule has 7 nitrogen and oxygen atoms in total. The molecule has 3 N–H and O–H groups in total. The van der Waals surface area contributed by atoms with E-state index in [0.717, 1.165) is 30.6 Å². The van der Waals surface area contributed by atoms with E-state index in [1.54, 1.807) is 6.07 Å². The molecule has 1 aliphatic rings. The molecule has 0 saturated heterocycles. The number of nitrogens with one attached hydrogen (secondary N) is 3. The first kappa shape index (κ1) is 23.8. The lowest BCUT2D eigenvalue weighted by molar-refractivity contribution is 0.102. The van der Waals surface area contributed by atoms with E-state index in [1.807, 2.05) is 49.4 Å². The Bertz CT molecular complexity index is 1290. The standard InChI is InChI=1S/C26H29N3O4S/c1-3-33-24-11-7-18(8-12-24)17-28-23-14-21(15-25(16-23)34(31,32)27-2)26(30)29-22-10-9-19-5-4-6-20(19)13-22/h7-16,27-28H,3-6,17H2,1-2H3,(H,29,30). The highest BCUT2D eigenvalue weighted by atomic mass is 32.2. The van der Waals surface area contributed by atoms with Crippen LogP contribution in [0.4, 0.5) is 11.4 Å². The molecule has 3 aromatic carbocycles. The van der Waals surface area contributed by atoms with Crippen LogP contribution in [-0.2, 0) is 29.4 Å². The zero-order chi connectivity index (χ0) is 24.1. The highest BCUT2D eigenvalue weighted by molar-refractivity contribution is 7.89. The quantitative estimate of drug-likeness (QED) is 0.424. The lowest BCUT2D eigenvalue weighted by Crippen LogP contribution is -2.20. The number of ether oxygens (including phenoxy) is 1. The van der Waals surface area contributed by atoms with Crippen LogP contribution < -0.4 is 20.1 Å². The van der Waals surface area contributed by atoms with E-state index < -0.39 is 10.0 Å². The fourth-order valence-electron chi connectivity index (χ4n) is 4.03. The van der Waals surface area contributed by atoms with E-state index in [2.05, 4.69) is 15.4 Å². The molecule has 3 aromatic rings. The molecule has 0 heterocycles. The summed E-state index contributed by atoms with van der Waals surface area (Å²) in [7, 11) is -2.39. The van der Waals surface area contributed by atoms with Gasteiger partial charge in [-0.15, -0.1) is 0 Å². The molecule has 0 bridgehead atoms. The maximum atomic E-state index is 13.0. The lowest BCUT2D eigenvalue weighted by Gasteiger charge is -2.13. The number of aryl methyl sites for hydroxylation is 2. The highest BCUT2D eigenvalue weighted by Gasteiger charge is 2.18. The Balaban J connectivity index is 1.55. The average molecular weight is 480 g/mol. The van der Waals surface area contributed by atoms with Gasteiger partial charge in [0.2, 0.25) is 10.0 Å². The van der Waals surface area contributed by atoms with E-state index >= 15 is 0 Å². The van der Waals surface area contributed by atoms with Crippen LogP contribution in [0.1, 0.15) is 40.4 Å². The van der Waals surface area contributed by atoms with Crippen molar-refractivity contribution >= 4 is 27.3 Å². The number of carbonyl (C=O) groups excluding carboxylic acids is 1. The second kappa shape index (κ2) is 10.3. The smallest absolute Gasteiger partial charge is 0.255 e. The van der Waals surface area contributed by atoms with Gasteiger partial charge in [0, 0.05) is 23.5 Å². The van der Waals surface area contributed by atoms with Crippen molar-refractivity contribution in [1.82, 2.24) is 4.72 Å². The van der Waals surface area contributed by atoms with Crippen molar-refractivity contribution in [2.24, 2.45) is 0 Å². The molecule has 0 aromatic heterocycles. The number of carbonyl (C=O) groups is 1. The Morgan fingerprint density at radius 2 is 1.71 bits per heavy atom. The van der Waals surface area contributed by atoms with Crippen molar-refractivity contribution in [2.75, 3.05) is 24.3 Å². The summed E-state index contributed by atoms with van der Waals surface area (Å²) in [6.07, 6.45) is 3.20. The SMILES string of the molecule is CCOc1ccc(CNc2cc(C(=O)Nc3ccc4c(c3)CCC4)cc(S(=O)(=O)NC)c2)cc1. The third-order valence-electron chi connectivity index (χ3n) is 5.84. The summed E-state index contributed by atoms with van der Waals surface area (Å²) in [4.78, 5) is 13.1. The van der Waals surface area contributed by atoms with Gasteiger partial charge in [0.1, 0.15) is 5.75 Å². The molecular formula is C26H29N3O4S.